The highest BCUT2D eigenvalue weighted by Crippen LogP contribution is 2.30. The summed E-state index contributed by atoms with van der Waals surface area (Å²) in [6, 6.07) is 4.71. The molecule has 6 nitrogen and oxygen atoms in total. The van der Waals surface area contributed by atoms with E-state index in [1.54, 1.807) is 0 Å². The summed E-state index contributed by atoms with van der Waals surface area (Å²) in [7, 11) is 4.17. The number of hydrogen-bond donors (Lipinski definition) is 2. The third-order valence-corrected chi connectivity index (χ3v) is 6.58. The minimum atomic E-state index is -4.52. The number of nitrogens with zero attached hydrogens (tertiary/aromatic N) is 2. The molecule has 2 amide bonds. The zero-order valence-corrected chi connectivity index (χ0v) is 18.8. The highest BCUT2D eigenvalue weighted by Gasteiger charge is 2.34. The maximum atomic E-state index is 12.9. The molecule has 0 aromatic heterocycles. The molecule has 0 unspecified atom stereocenters. The van der Waals surface area contributed by atoms with Crippen LogP contribution >= 0.6 is 0 Å². The molecule has 9 heteroatoms. The monoisotopic (exact) mass is 454 g/mol. The number of likely N-dealkylation sites (tertiary alicyclic amines) is 1. The normalized spacial score (nSPS) is 24.5. The van der Waals surface area contributed by atoms with Crippen molar-refractivity contribution in [2.75, 3.05) is 40.3 Å². The smallest absolute Gasteiger partial charge is 0.352 e. The Morgan fingerprint density at radius 1 is 1.16 bits per heavy atom. The Morgan fingerprint density at radius 2 is 1.88 bits per heavy atom. The van der Waals surface area contributed by atoms with Gasteiger partial charge in [-0.3, -0.25) is 9.59 Å². The number of carbonyl (C=O) groups is 2. The predicted octanol–water partition coefficient (Wildman–Crippen LogP) is 2.75. The molecule has 178 valence electrons. The number of alkyl halides is 3. The van der Waals surface area contributed by atoms with Crippen LogP contribution in [0.3, 0.4) is 0 Å². The van der Waals surface area contributed by atoms with Gasteiger partial charge in [0.2, 0.25) is 5.91 Å². The molecule has 2 N–H and O–H groups in total. The van der Waals surface area contributed by atoms with Crippen molar-refractivity contribution < 1.29 is 22.8 Å². The van der Waals surface area contributed by atoms with E-state index in [0.717, 1.165) is 51.0 Å². The van der Waals surface area contributed by atoms with E-state index in [1.807, 2.05) is 0 Å². The molecule has 0 spiro atoms. The van der Waals surface area contributed by atoms with Crippen molar-refractivity contribution >= 4 is 11.8 Å². The molecule has 32 heavy (non-hydrogen) atoms. The van der Waals surface area contributed by atoms with Gasteiger partial charge < -0.3 is 20.4 Å². The van der Waals surface area contributed by atoms with Gasteiger partial charge in [-0.15, -0.1) is 0 Å². The lowest BCUT2D eigenvalue weighted by Crippen LogP contribution is -2.52. The van der Waals surface area contributed by atoms with E-state index < -0.39 is 17.6 Å². The first-order chi connectivity index (χ1) is 15.1. The van der Waals surface area contributed by atoms with Gasteiger partial charge in [-0.25, -0.2) is 0 Å². The number of benzene rings is 1. The zero-order chi connectivity index (χ0) is 23.3. The molecule has 1 aliphatic carbocycles. The molecule has 3 rings (SSSR count). The summed E-state index contributed by atoms with van der Waals surface area (Å²) in [6.07, 6.45) is 0.763. The van der Waals surface area contributed by atoms with Crippen LogP contribution < -0.4 is 10.6 Å². The molecule has 1 heterocycles. The summed E-state index contributed by atoms with van der Waals surface area (Å²) in [5.41, 5.74) is -1.01. The quantitative estimate of drug-likeness (QED) is 0.665. The molecule has 0 bridgehead atoms. The van der Waals surface area contributed by atoms with Gasteiger partial charge in [0.05, 0.1) is 12.1 Å². The van der Waals surface area contributed by atoms with Gasteiger partial charge in [0.1, 0.15) is 0 Å². The topological polar surface area (TPSA) is 64.7 Å². The lowest BCUT2D eigenvalue weighted by atomic mass is 9.80. The summed E-state index contributed by atoms with van der Waals surface area (Å²) in [6.45, 7) is 2.87. The molecule has 2 aliphatic rings. The minimum Gasteiger partial charge on any atom is -0.352 e. The number of rotatable bonds is 7. The lowest BCUT2D eigenvalue weighted by Gasteiger charge is -2.40. The average Bonchev–Trinajstić information content (AvgIpc) is 3.25. The van der Waals surface area contributed by atoms with Gasteiger partial charge in [-0.2, -0.15) is 13.2 Å². The van der Waals surface area contributed by atoms with Crippen LogP contribution in [0.25, 0.3) is 0 Å². The van der Waals surface area contributed by atoms with Gasteiger partial charge in [0.25, 0.3) is 5.91 Å². The summed E-state index contributed by atoms with van der Waals surface area (Å²) >= 11 is 0. The maximum absolute atomic E-state index is 12.9. The van der Waals surface area contributed by atoms with E-state index in [2.05, 4.69) is 34.5 Å². The second-order valence-electron chi connectivity index (χ2n) is 9.13. The number of nitrogens with one attached hydrogen (secondary N) is 2. The van der Waals surface area contributed by atoms with E-state index in [9.17, 15) is 22.8 Å². The van der Waals surface area contributed by atoms with Crippen molar-refractivity contribution in [3.8, 4) is 0 Å². The third kappa shape index (κ3) is 6.68. The lowest BCUT2D eigenvalue weighted by molar-refractivity contribution is -0.137. The average molecular weight is 455 g/mol. The Morgan fingerprint density at radius 3 is 2.53 bits per heavy atom. The zero-order valence-electron chi connectivity index (χ0n) is 18.8. The molecular weight excluding hydrogens is 421 g/mol. The number of halogens is 3. The Hall–Kier alpha value is -2.13. The first-order valence-electron chi connectivity index (χ1n) is 11.3. The molecule has 1 aliphatic heterocycles. The van der Waals surface area contributed by atoms with E-state index in [0.29, 0.717) is 12.0 Å². The van der Waals surface area contributed by atoms with Gasteiger partial charge in [0.15, 0.2) is 0 Å². The molecule has 1 saturated heterocycles. The summed E-state index contributed by atoms with van der Waals surface area (Å²) in [5.74, 6) is -0.682. The van der Waals surface area contributed by atoms with E-state index >= 15 is 0 Å². The predicted molar refractivity (Wildman–Crippen MR) is 116 cm³/mol. The SMILES string of the molecule is CN(C)[C@@H]1CC[C@H](NC(=O)CNC(=O)c2cccc(C(F)(F)F)c2)[C@H](CN2CCCC2)C1. The van der Waals surface area contributed by atoms with Crippen molar-refractivity contribution in [2.24, 2.45) is 5.92 Å². The minimum absolute atomic E-state index is 0.0322. The van der Waals surface area contributed by atoms with E-state index in [1.165, 1.54) is 25.0 Å². The van der Waals surface area contributed by atoms with Crippen LogP contribution in [0.15, 0.2) is 24.3 Å². The summed E-state index contributed by atoms with van der Waals surface area (Å²) < 4.78 is 38.6. The standard InChI is InChI=1S/C23H33F3N4O2/c1-29(2)19-8-9-20(17(13-19)15-30-10-3-4-11-30)28-21(31)14-27-22(32)16-6-5-7-18(12-16)23(24,25)26/h5-7,12,17,19-20H,3-4,8-11,13-15H2,1-2H3,(H,27,32)(H,28,31)/t17-,19+,20-/m0/s1. The summed E-state index contributed by atoms with van der Waals surface area (Å²) in [4.78, 5) is 29.5. The van der Waals surface area contributed by atoms with E-state index in [-0.39, 0.29) is 24.1 Å². The Kier molecular flexibility index (Phi) is 8.16. The summed E-state index contributed by atoms with van der Waals surface area (Å²) in [5, 5.41) is 5.51. The fourth-order valence-corrected chi connectivity index (χ4v) is 4.75. The molecular formula is C23H33F3N4O2. The highest BCUT2D eigenvalue weighted by atomic mass is 19.4. The van der Waals surface area contributed by atoms with Crippen LogP contribution in [-0.4, -0.2) is 74.0 Å². The van der Waals surface area contributed by atoms with Crippen molar-refractivity contribution in [3.05, 3.63) is 35.4 Å². The molecule has 0 radical (unpaired) electrons. The van der Waals surface area contributed by atoms with Crippen LogP contribution in [0.1, 0.15) is 48.0 Å². The van der Waals surface area contributed by atoms with Gasteiger partial charge in [-0.05, 0) is 83.4 Å². The number of hydrogen-bond acceptors (Lipinski definition) is 4. The Labute approximate surface area is 187 Å². The van der Waals surface area contributed by atoms with Crippen molar-refractivity contribution in [1.82, 2.24) is 20.4 Å². The molecule has 1 aromatic rings. The van der Waals surface area contributed by atoms with Crippen LogP contribution in [-0.2, 0) is 11.0 Å². The third-order valence-electron chi connectivity index (χ3n) is 6.58. The van der Waals surface area contributed by atoms with Crippen LogP contribution in [0, 0.1) is 5.92 Å². The Balaban J connectivity index is 1.54. The molecule has 2 fully saturated rings. The molecule has 1 aromatic carbocycles. The van der Waals surface area contributed by atoms with Crippen LogP contribution in [0.4, 0.5) is 13.2 Å². The first kappa shape index (κ1) is 24.5. The van der Waals surface area contributed by atoms with Gasteiger partial charge in [0, 0.05) is 24.2 Å². The van der Waals surface area contributed by atoms with Gasteiger partial charge >= 0.3 is 6.18 Å². The maximum Gasteiger partial charge on any atom is 0.416 e. The van der Waals surface area contributed by atoms with Crippen LogP contribution in [0.5, 0.6) is 0 Å². The highest BCUT2D eigenvalue weighted by molar-refractivity contribution is 5.96. The largest absolute Gasteiger partial charge is 0.416 e. The number of carbonyl (C=O) groups excluding carboxylic acids is 2. The number of amides is 2. The van der Waals surface area contributed by atoms with Crippen molar-refractivity contribution in [3.63, 3.8) is 0 Å². The second kappa shape index (κ2) is 10.7. The van der Waals surface area contributed by atoms with Crippen molar-refractivity contribution in [2.45, 2.75) is 50.4 Å². The van der Waals surface area contributed by atoms with Gasteiger partial charge in [-0.1, -0.05) is 6.07 Å². The van der Waals surface area contributed by atoms with Crippen LogP contribution in [0.2, 0.25) is 0 Å². The molecule has 1 saturated carbocycles. The Bertz CT molecular complexity index is 792. The molecule has 3 atom stereocenters. The van der Waals surface area contributed by atoms with E-state index in [4.69, 9.17) is 0 Å². The first-order valence-corrected chi connectivity index (χ1v) is 11.3. The fourth-order valence-electron chi connectivity index (χ4n) is 4.75. The second-order valence-corrected chi connectivity index (χ2v) is 9.13. The van der Waals surface area contributed by atoms with Crippen molar-refractivity contribution in [1.29, 1.82) is 0 Å². The fraction of sp³-hybridized carbons (Fsp3) is 0.652.